The Kier molecular flexibility index (Phi) is 7.81. The first-order valence-corrected chi connectivity index (χ1v) is 12.0. The van der Waals surface area contributed by atoms with E-state index in [1.165, 1.54) is 11.8 Å². The van der Waals surface area contributed by atoms with Crippen LogP contribution in [-0.2, 0) is 11.2 Å². The van der Waals surface area contributed by atoms with Crippen molar-refractivity contribution in [3.8, 4) is 5.75 Å². The van der Waals surface area contributed by atoms with Crippen molar-refractivity contribution in [3.05, 3.63) is 88.9 Å². The molecule has 1 aliphatic rings. The molecule has 168 valence electrons. The molecule has 0 unspecified atom stereocenters. The molecule has 0 spiro atoms. The van der Waals surface area contributed by atoms with Gasteiger partial charge in [0.15, 0.2) is 0 Å². The summed E-state index contributed by atoms with van der Waals surface area (Å²) in [6.07, 6.45) is 1.32. The molecule has 3 aromatic rings. The van der Waals surface area contributed by atoms with Crippen LogP contribution in [0.3, 0.4) is 0 Å². The van der Waals surface area contributed by atoms with E-state index in [-0.39, 0.29) is 5.91 Å². The van der Waals surface area contributed by atoms with Crippen molar-refractivity contribution in [3.63, 3.8) is 0 Å². The quantitative estimate of drug-likeness (QED) is 0.454. The Bertz CT molecular complexity index is 1170. The summed E-state index contributed by atoms with van der Waals surface area (Å²) in [5.41, 5.74) is 4.70. The summed E-state index contributed by atoms with van der Waals surface area (Å²) in [7, 11) is 1.65. The number of nitrogens with zero attached hydrogens (tertiary/aromatic N) is 2. The molecule has 7 heteroatoms. The van der Waals surface area contributed by atoms with Crippen LogP contribution in [-0.4, -0.2) is 36.1 Å². The summed E-state index contributed by atoms with van der Waals surface area (Å²) in [4.78, 5) is 22.1. The van der Waals surface area contributed by atoms with Crippen LogP contribution in [0.1, 0.15) is 17.5 Å². The summed E-state index contributed by atoms with van der Waals surface area (Å²) in [5.74, 6) is 1.08. The highest BCUT2D eigenvalue weighted by Crippen LogP contribution is 2.33. The summed E-state index contributed by atoms with van der Waals surface area (Å²) < 4.78 is 5.27. The topological polar surface area (TPSA) is 63.1 Å². The molecule has 0 saturated heterocycles. The van der Waals surface area contributed by atoms with E-state index in [2.05, 4.69) is 5.32 Å². The maximum absolute atomic E-state index is 12.4. The lowest BCUT2D eigenvalue weighted by molar-refractivity contribution is -0.118. The van der Waals surface area contributed by atoms with Crippen LogP contribution in [0, 0.1) is 0 Å². The highest BCUT2D eigenvalue weighted by Gasteiger charge is 2.16. The minimum atomic E-state index is -0.0165. The highest BCUT2D eigenvalue weighted by atomic mass is 35.5. The Balaban J connectivity index is 1.40. The Morgan fingerprint density at radius 1 is 1.00 bits per heavy atom. The van der Waals surface area contributed by atoms with Crippen molar-refractivity contribution in [1.82, 2.24) is 5.32 Å². The first-order chi connectivity index (χ1) is 16.1. The summed E-state index contributed by atoms with van der Waals surface area (Å²) in [6, 6.07) is 23.3. The first kappa shape index (κ1) is 23.1. The van der Waals surface area contributed by atoms with Gasteiger partial charge in [-0.15, -0.1) is 11.8 Å². The number of aliphatic imine (C=N–C) groups is 2. The van der Waals surface area contributed by atoms with Gasteiger partial charge in [0.2, 0.25) is 5.91 Å². The second-order valence-electron chi connectivity index (χ2n) is 7.47. The molecule has 0 fully saturated rings. The van der Waals surface area contributed by atoms with Gasteiger partial charge in [-0.05, 0) is 66.1 Å². The zero-order valence-corrected chi connectivity index (χ0v) is 19.8. The largest absolute Gasteiger partial charge is 0.497 e. The van der Waals surface area contributed by atoms with Crippen LogP contribution in [0.2, 0.25) is 5.02 Å². The fraction of sp³-hybridized carbons (Fsp3) is 0.192. The number of halogens is 1. The van der Waals surface area contributed by atoms with E-state index >= 15 is 0 Å². The van der Waals surface area contributed by atoms with Gasteiger partial charge in [0, 0.05) is 18.0 Å². The molecule has 0 aromatic heterocycles. The van der Waals surface area contributed by atoms with Crippen molar-refractivity contribution < 1.29 is 9.53 Å². The molecule has 1 heterocycles. The standard InChI is InChI=1S/C26H24ClN3O2S/c1-32-21-12-8-19(9-13-21)24-16-26(30-23-5-3-2-4-22(23)29-24)33-17-25(31)28-15-14-18-6-10-20(27)11-7-18/h2-13H,14-17H2,1H3,(H,28,31). The number of amides is 1. The van der Waals surface area contributed by atoms with Crippen molar-refractivity contribution in [2.45, 2.75) is 12.8 Å². The van der Waals surface area contributed by atoms with Gasteiger partial charge in [0.05, 0.1) is 35.0 Å². The maximum atomic E-state index is 12.4. The minimum absolute atomic E-state index is 0.0165. The molecular formula is C26H24ClN3O2S. The predicted octanol–water partition coefficient (Wildman–Crippen LogP) is 6.00. The van der Waals surface area contributed by atoms with E-state index in [1.54, 1.807) is 7.11 Å². The lowest BCUT2D eigenvalue weighted by atomic mass is 10.1. The maximum Gasteiger partial charge on any atom is 0.230 e. The van der Waals surface area contributed by atoms with Crippen LogP contribution >= 0.6 is 23.4 Å². The number of thioether (sulfide) groups is 1. The third kappa shape index (κ3) is 6.46. The number of methoxy groups -OCH3 is 1. The molecule has 0 atom stereocenters. The smallest absolute Gasteiger partial charge is 0.230 e. The van der Waals surface area contributed by atoms with E-state index in [0.29, 0.717) is 23.7 Å². The molecule has 1 N–H and O–H groups in total. The van der Waals surface area contributed by atoms with Crippen LogP contribution in [0.4, 0.5) is 11.4 Å². The summed E-state index contributed by atoms with van der Waals surface area (Å²) in [5, 5.41) is 4.56. The third-order valence-corrected chi connectivity index (χ3v) is 6.37. The van der Waals surface area contributed by atoms with Gasteiger partial charge in [-0.1, -0.05) is 35.9 Å². The van der Waals surface area contributed by atoms with Crippen LogP contribution < -0.4 is 10.1 Å². The average Bonchev–Trinajstić information content (AvgIpc) is 3.03. The van der Waals surface area contributed by atoms with Gasteiger partial charge in [-0.2, -0.15) is 0 Å². The molecule has 1 aliphatic heterocycles. The molecule has 0 aliphatic carbocycles. The zero-order chi connectivity index (χ0) is 23.0. The number of carbonyl (C=O) groups is 1. The van der Waals surface area contributed by atoms with Gasteiger partial charge >= 0.3 is 0 Å². The number of hydrogen-bond acceptors (Lipinski definition) is 5. The molecular weight excluding hydrogens is 454 g/mol. The van der Waals surface area contributed by atoms with Crippen LogP contribution in [0.5, 0.6) is 5.75 Å². The van der Waals surface area contributed by atoms with Crippen molar-refractivity contribution >= 4 is 51.4 Å². The Morgan fingerprint density at radius 3 is 2.39 bits per heavy atom. The number of benzene rings is 3. The predicted molar refractivity (Wildman–Crippen MR) is 138 cm³/mol. The normalized spacial score (nSPS) is 12.8. The third-order valence-electron chi connectivity index (χ3n) is 5.14. The number of carbonyl (C=O) groups excluding carboxylic acids is 1. The fourth-order valence-corrected chi connectivity index (χ4v) is 4.31. The molecule has 0 bridgehead atoms. The summed E-state index contributed by atoms with van der Waals surface area (Å²) >= 11 is 7.37. The second kappa shape index (κ2) is 11.2. The lowest BCUT2D eigenvalue weighted by Crippen LogP contribution is -2.27. The molecule has 5 nitrogen and oxygen atoms in total. The van der Waals surface area contributed by atoms with Gasteiger partial charge in [-0.25, -0.2) is 4.99 Å². The van der Waals surface area contributed by atoms with Gasteiger partial charge in [-0.3, -0.25) is 9.79 Å². The molecule has 0 saturated carbocycles. The number of hydrogen-bond donors (Lipinski definition) is 1. The zero-order valence-electron chi connectivity index (χ0n) is 18.3. The molecule has 33 heavy (non-hydrogen) atoms. The molecule has 0 radical (unpaired) electrons. The molecule has 3 aromatic carbocycles. The Hall–Kier alpha value is -3.09. The van der Waals surface area contributed by atoms with Crippen molar-refractivity contribution in [2.75, 3.05) is 19.4 Å². The number of fused-ring (bicyclic) bond motifs is 1. The minimum Gasteiger partial charge on any atom is -0.497 e. The van der Waals surface area contributed by atoms with Gasteiger partial charge in [0.1, 0.15) is 5.75 Å². The number of rotatable bonds is 7. The Labute approximate surface area is 203 Å². The lowest BCUT2D eigenvalue weighted by Gasteiger charge is -2.09. The number of nitrogens with one attached hydrogen (secondary N) is 1. The van der Waals surface area contributed by atoms with Gasteiger partial charge in [0.25, 0.3) is 0 Å². The monoisotopic (exact) mass is 477 g/mol. The van der Waals surface area contributed by atoms with Crippen molar-refractivity contribution in [1.29, 1.82) is 0 Å². The van der Waals surface area contributed by atoms with Gasteiger partial charge < -0.3 is 10.1 Å². The number of para-hydroxylation sites is 2. The number of ether oxygens (including phenoxy) is 1. The van der Waals surface area contributed by atoms with E-state index < -0.39 is 0 Å². The van der Waals surface area contributed by atoms with Crippen molar-refractivity contribution in [2.24, 2.45) is 9.98 Å². The van der Waals surface area contributed by atoms with Crippen LogP contribution in [0.25, 0.3) is 0 Å². The Morgan fingerprint density at radius 2 is 1.70 bits per heavy atom. The van der Waals surface area contributed by atoms with E-state index in [9.17, 15) is 4.79 Å². The average molecular weight is 478 g/mol. The molecule has 1 amide bonds. The van der Waals surface area contributed by atoms with E-state index in [0.717, 1.165) is 45.4 Å². The SMILES string of the molecule is COc1ccc(C2=Nc3ccccc3N=C(SCC(=O)NCCc3ccc(Cl)cc3)C2)cc1. The highest BCUT2D eigenvalue weighted by molar-refractivity contribution is 8.14. The van der Waals surface area contributed by atoms with E-state index in [1.807, 2.05) is 72.8 Å². The fourth-order valence-electron chi connectivity index (χ4n) is 3.39. The summed E-state index contributed by atoms with van der Waals surface area (Å²) in [6.45, 7) is 0.578. The molecule has 4 rings (SSSR count). The first-order valence-electron chi connectivity index (χ1n) is 10.6. The van der Waals surface area contributed by atoms with E-state index in [4.69, 9.17) is 26.3 Å². The van der Waals surface area contributed by atoms with Crippen LogP contribution in [0.15, 0.2) is 82.8 Å². The second-order valence-corrected chi connectivity index (χ2v) is 8.96.